The highest BCUT2D eigenvalue weighted by atomic mass is 19.1. The van der Waals surface area contributed by atoms with E-state index in [2.05, 4.69) is 0 Å². The van der Waals surface area contributed by atoms with Crippen LogP contribution in [0, 0.1) is 12.7 Å². The number of benzene rings is 1. The predicted molar refractivity (Wildman–Crippen MR) is 68.3 cm³/mol. The van der Waals surface area contributed by atoms with Crippen molar-refractivity contribution in [2.24, 2.45) is 0 Å². The molecule has 98 valence electrons. The fraction of sp³-hybridized carbons (Fsp3) is 0.200. The summed E-state index contributed by atoms with van der Waals surface area (Å²) in [5, 5.41) is 10.9. The largest absolute Gasteiger partial charge is 0.472 e. The molecule has 0 bridgehead atoms. The summed E-state index contributed by atoms with van der Waals surface area (Å²) >= 11 is 0. The Hall–Kier alpha value is -2.07. The van der Waals surface area contributed by atoms with Crippen molar-refractivity contribution >= 4 is 11.0 Å². The highest BCUT2D eigenvalue weighted by Gasteiger charge is 2.19. The van der Waals surface area contributed by atoms with E-state index in [1.165, 1.54) is 12.1 Å². The molecule has 0 aliphatic rings. The van der Waals surface area contributed by atoms with Crippen LogP contribution in [0.2, 0.25) is 0 Å². The third-order valence-corrected chi connectivity index (χ3v) is 3.25. The van der Waals surface area contributed by atoms with E-state index in [4.69, 9.17) is 8.83 Å². The standard InChI is InChI=1S/C15H13FO3/c1-9-12-7-11(16)2-3-14(12)19-15(9)13(17)6-10-4-5-18-8-10/h2-5,7-8,13,17H,6H2,1H3. The third-order valence-electron chi connectivity index (χ3n) is 3.25. The Kier molecular flexibility index (Phi) is 2.87. The van der Waals surface area contributed by atoms with E-state index in [-0.39, 0.29) is 5.82 Å². The number of furan rings is 2. The molecule has 1 unspecified atom stereocenters. The molecule has 0 fully saturated rings. The number of aryl methyl sites for hydroxylation is 1. The summed E-state index contributed by atoms with van der Waals surface area (Å²) in [6, 6.07) is 6.13. The first-order valence-electron chi connectivity index (χ1n) is 6.03. The van der Waals surface area contributed by atoms with Crippen LogP contribution < -0.4 is 0 Å². The van der Waals surface area contributed by atoms with Gasteiger partial charge in [0.25, 0.3) is 0 Å². The Morgan fingerprint density at radius 2 is 2.16 bits per heavy atom. The van der Waals surface area contributed by atoms with Crippen LogP contribution in [0.1, 0.15) is 23.0 Å². The van der Waals surface area contributed by atoms with Gasteiger partial charge in [-0.25, -0.2) is 4.39 Å². The van der Waals surface area contributed by atoms with Crippen molar-refractivity contribution in [1.82, 2.24) is 0 Å². The molecule has 3 rings (SSSR count). The number of hydrogen-bond donors (Lipinski definition) is 1. The molecule has 0 radical (unpaired) electrons. The van der Waals surface area contributed by atoms with Gasteiger partial charge in [-0.3, -0.25) is 0 Å². The van der Waals surface area contributed by atoms with E-state index in [0.29, 0.717) is 23.2 Å². The van der Waals surface area contributed by atoms with E-state index >= 15 is 0 Å². The van der Waals surface area contributed by atoms with Crippen molar-refractivity contribution < 1.29 is 18.3 Å². The molecule has 0 amide bonds. The highest BCUT2D eigenvalue weighted by Crippen LogP contribution is 2.31. The first kappa shape index (κ1) is 12.0. The molecule has 2 aromatic heterocycles. The van der Waals surface area contributed by atoms with Gasteiger partial charge in [-0.15, -0.1) is 0 Å². The molecule has 0 saturated carbocycles. The zero-order valence-electron chi connectivity index (χ0n) is 10.4. The zero-order valence-corrected chi connectivity index (χ0v) is 10.4. The summed E-state index contributed by atoms with van der Waals surface area (Å²) < 4.78 is 23.8. The summed E-state index contributed by atoms with van der Waals surface area (Å²) in [7, 11) is 0. The van der Waals surface area contributed by atoms with Gasteiger partial charge in [0.2, 0.25) is 0 Å². The maximum atomic E-state index is 13.2. The average Bonchev–Trinajstić information content (AvgIpc) is 2.98. The van der Waals surface area contributed by atoms with Crippen molar-refractivity contribution in [3.8, 4) is 0 Å². The van der Waals surface area contributed by atoms with Crippen LogP contribution in [0.15, 0.2) is 45.6 Å². The van der Waals surface area contributed by atoms with Gasteiger partial charge in [0.1, 0.15) is 23.3 Å². The van der Waals surface area contributed by atoms with Gasteiger partial charge in [0.05, 0.1) is 12.5 Å². The van der Waals surface area contributed by atoms with Gasteiger partial charge < -0.3 is 13.9 Å². The summed E-state index contributed by atoms with van der Waals surface area (Å²) in [4.78, 5) is 0. The zero-order chi connectivity index (χ0) is 13.4. The Morgan fingerprint density at radius 1 is 1.32 bits per heavy atom. The molecule has 0 spiro atoms. The van der Waals surface area contributed by atoms with Crippen LogP contribution in [0.4, 0.5) is 4.39 Å². The summed E-state index contributed by atoms with van der Waals surface area (Å²) in [5.74, 6) is 0.161. The summed E-state index contributed by atoms with van der Waals surface area (Å²) in [6.07, 6.45) is 2.77. The molecular formula is C15H13FO3. The molecular weight excluding hydrogens is 247 g/mol. The minimum absolute atomic E-state index is 0.313. The highest BCUT2D eigenvalue weighted by molar-refractivity contribution is 5.82. The molecule has 3 aromatic rings. The van der Waals surface area contributed by atoms with Crippen molar-refractivity contribution in [3.63, 3.8) is 0 Å². The SMILES string of the molecule is Cc1c(C(O)Cc2ccoc2)oc2ccc(F)cc12. The maximum absolute atomic E-state index is 13.2. The van der Waals surface area contributed by atoms with Crippen molar-refractivity contribution in [2.45, 2.75) is 19.4 Å². The second-order valence-electron chi connectivity index (χ2n) is 4.58. The van der Waals surface area contributed by atoms with Crippen molar-refractivity contribution in [1.29, 1.82) is 0 Å². The lowest BCUT2D eigenvalue weighted by Gasteiger charge is -2.06. The fourth-order valence-corrected chi connectivity index (χ4v) is 2.25. The lowest BCUT2D eigenvalue weighted by molar-refractivity contribution is 0.151. The van der Waals surface area contributed by atoms with Crippen molar-refractivity contribution in [2.75, 3.05) is 0 Å². The van der Waals surface area contributed by atoms with Crippen LogP contribution in [0.25, 0.3) is 11.0 Å². The maximum Gasteiger partial charge on any atom is 0.137 e. The minimum atomic E-state index is -0.770. The van der Waals surface area contributed by atoms with E-state index in [1.54, 1.807) is 24.7 Å². The van der Waals surface area contributed by atoms with Gasteiger partial charge in [-0.05, 0) is 36.8 Å². The van der Waals surface area contributed by atoms with Gasteiger partial charge in [0.15, 0.2) is 0 Å². The van der Waals surface area contributed by atoms with E-state index in [0.717, 1.165) is 11.1 Å². The van der Waals surface area contributed by atoms with Crippen LogP contribution >= 0.6 is 0 Å². The summed E-state index contributed by atoms with van der Waals surface area (Å²) in [5.41, 5.74) is 2.24. The number of rotatable bonds is 3. The number of hydrogen-bond acceptors (Lipinski definition) is 3. The molecule has 0 aliphatic carbocycles. The molecule has 1 atom stereocenters. The lowest BCUT2D eigenvalue weighted by Crippen LogP contribution is -2.01. The van der Waals surface area contributed by atoms with Crippen LogP contribution in [-0.2, 0) is 6.42 Å². The topological polar surface area (TPSA) is 46.5 Å². The Morgan fingerprint density at radius 3 is 2.89 bits per heavy atom. The molecule has 4 heteroatoms. The second kappa shape index (κ2) is 4.55. The molecule has 1 N–H and O–H groups in total. The lowest BCUT2D eigenvalue weighted by atomic mass is 10.0. The molecule has 19 heavy (non-hydrogen) atoms. The van der Waals surface area contributed by atoms with Gasteiger partial charge in [0, 0.05) is 17.4 Å². The monoisotopic (exact) mass is 260 g/mol. The first-order chi connectivity index (χ1) is 9.15. The third kappa shape index (κ3) is 2.15. The predicted octanol–water partition coefficient (Wildman–Crippen LogP) is 3.75. The Bertz CT molecular complexity index is 698. The molecule has 0 saturated heterocycles. The fourth-order valence-electron chi connectivity index (χ4n) is 2.25. The molecule has 2 heterocycles. The molecule has 1 aromatic carbocycles. The van der Waals surface area contributed by atoms with Gasteiger partial charge in [-0.2, -0.15) is 0 Å². The second-order valence-corrected chi connectivity index (χ2v) is 4.58. The van der Waals surface area contributed by atoms with Crippen LogP contribution in [0.3, 0.4) is 0 Å². The number of fused-ring (bicyclic) bond motifs is 1. The van der Waals surface area contributed by atoms with E-state index in [1.807, 2.05) is 6.92 Å². The number of aliphatic hydroxyl groups excluding tert-OH is 1. The minimum Gasteiger partial charge on any atom is -0.472 e. The molecule has 0 aliphatic heterocycles. The van der Waals surface area contributed by atoms with E-state index in [9.17, 15) is 9.50 Å². The van der Waals surface area contributed by atoms with Gasteiger partial charge in [-0.1, -0.05) is 0 Å². The van der Waals surface area contributed by atoms with Crippen LogP contribution in [0.5, 0.6) is 0 Å². The van der Waals surface area contributed by atoms with Crippen LogP contribution in [-0.4, -0.2) is 5.11 Å². The van der Waals surface area contributed by atoms with E-state index < -0.39 is 6.10 Å². The smallest absolute Gasteiger partial charge is 0.137 e. The Labute approximate surface area is 109 Å². The van der Waals surface area contributed by atoms with Gasteiger partial charge >= 0.3 is 0 Å². The summed E-state index contributed by atoms with van der Waals surface area (Å²) in [6.45, 7) is 1.82. The molecule has 3 nitrogen and oxygen atoms in total. The van der Waals surface area contributed by atoms with Crippen molar-refractivity contribution in [3.05, 3.63) is 59.5 Å². The quantitative estimate of drug-likeness (QED) is 0.780. The normalized spacial score (nSPS) is 13.0. The first-order valence-corrected chi connectivity index (χ1v) is 6.03. The number of aliphatic hydroxyl groups is 1. The average molecular weight is 260 g/mol. The Balaban J connectivity index is 1.98. The number of halogens is 1.